The molecule has 0 aromatic heterocycles. The lowest BCUT2D eigenvalue weighted by Crippen LogP contribution is -2.09. The first-order valence-electron chi connectivity index (χ1n) is 2.09. The van der Waals surface area contributed by atoms with Gasteiger partial charge >= 0.3 is 0 Å². The average molecular weight is 154 g/mol. The lowest BCUT2D eigenvalue weighted by Gasteiger charge is -1.95. The maximum atomic E-state index is 8.21. The molecule has 44 valence electrons. The van der Waals surface area contributed by atoms with E-state index in [4.69, 9.17) is 13.3 Å². The van der Waals surface area contributed by atoms with Gasteiger partial charge in [-0.05, 0) is 0 Å². The summed E-state index contributed by atoms with van der Waals surface area (Å²) in [4.78, 5) is 0. The molecular formula is CH10O3Si3. The largest absolute Gasteiger partial charge is 0.449 e. The van der Waals surface area contributed by atoms with Crippen LogP contribution in [0.15, 0.2) is 0 Å². The summed E-state index contributed by atoms with van der Waals surface area (Å²) in [5.41, 5.74) is 0. The second-order valence-electron chi connectivity index (χ2n) is 1.04. The Morgan fingerprint density at radius 2 is 2.43 bits per heavy atom. The van der Waals surface area contributed by atoms with E-state index in [0.29, 0.717) is 0 Å². The molecule has 0 rings (SSSR count). The number of hydrogen-bond acceptors (Lipinski definition) is 3. The molecule has 0 atom stereocenters. The Kier molecular flexibility index (Phi) is 7.03. The molecule has 0 radical (unpaired) electrons. The summed E-state index contributed by atoms with van der Waals surface area (Å²) in [6.07, 6.45) is 0.248. The fourth-order valence-electron chi connectivity index (χ4n) is 0.207. The van der Waals surface area contributed by atoms with Gasteiger partial charge in [-0.3, -0.25) is 0 Å². The van der Waals surface area contributed by atoms with Crippen molar-refractivity contribution in [2.45, 2.75) is 0 Å². The summed E-state index contributed by atoms with van der Waals surface area (Å²) in [7, 11) is -0.417. The van der Waals surface area contributed by atoms with Crippen molar-refractivity contribution in [1.82, 2.24) is 0 Å². The van der Waals surface area contributed by atoms with E-state index in [2.05, 4.69) is 0 Å². The van der Waals surface area contributed by atoms with Gasteiger partial charge < -0.3 is 13.3 Å². The molecule has 0 aromatic carbocycles. The van der Waals surface area contributed by atoms with Crippen molar-refractivity contribution < 1.29 is 13.3 Å². The van der Waals surface area contributed by atoms with Crippen molar-refractivity contribution >= 4 is 30.3 Å². The Morgan fingerprint density at radius 3 is 2.86 bits per heavy atom. The van der Waals surface area contributed by atoms with E-state index in [9.17, 15) is 0 Å². The maximum Gasteiger partial charge on any atom is 0.282 e. The molecule has 0 saturated carbocycles. The topological polar surface area (TPSA) is 38.7 Å². The number of rotatable bonds is 4. The second-order valence-corrected chi connectivity index (χ2v) is 6.07. The van der Waals surface area contributed by atoms with Crippen LogP contribution in [0.3, 0.4) is 0 Å². The standard InChI is InChI=1S/CH10O3Si3/c2-1-6-4-7-3-5/h2H,1,6-7H2,5H3. The van der Waals surface area contributed by atoms with E-state index < -0.39 is 19.8 Å². The molecule has 0 bridgehead atoms. The van der Waals surface area contributed by atoms with Gasteiger partial charge in [-0.1, -0.05) is 0 Å². The van der Waals surface area contributed by atoms with Gasteiger partial charge in [-0.2, -0.15) is 0 Å². The molecule has 0 aliphatic rings. The molecule has 0 aliphatic carbocycles. The van der Waals surface area contributed by atoms with Crippen molar-refractivity contribution in [1.29, 1.82) is 0 Å². The fourth-order valence-corrected chi connectivity index (χ4v) is 3.36. The molecular weight excluding hydrogens is 144 g/mol. The Labute approximate surface area is 50.6 Å². The number of hydrogen-bond donors (Lipinski definition) is 1. The number of aliphatic hydroxyl groups excluding tert-OH is 1. The van der Waals surface area contributed by atoms with Crippen LogP contribution in [0.25, 0.3) is 0 Å². The molecule has 0 spiro atoms. The third-order valence-corrected chi connectivity index (χ3v) is 3.38. The van der Waals surface area contributed by atoms with Crippen LogP contribution >= 0.6 is 0 Å². The quantitative estimate of drug-likeness (QED) is 0.335. The van der Waals surface area contributed by atoms with Gasteiger partial charge in [0.1, 0.15) is 10.5 Å². The lowest BCUT2D eigenvalue weighted by molar-refractivity contribution is 0.347. The van der Waals surface area contributed by atoms with Crippen molar-refractivity contribution in [2.24, 2.45) is 0 Å². The summed E-state index contributed by atoms with van der Waals surface area (Å²) in [6, 6.07) is 0. The summed E-state index contributed by atoms with van der Waals surface area (Å²) >= 11 is 0. The van der Waals surface area contributed by atoms with Crippen LogP contribution < -0.4 is 0 Å². The van der Waals surface area contributed by atoms with E-state index in [-0.39, 0.29) is 6.23 Å². The molecule has 0 saturated heterocycles. The van der Waals surface area contributed by atoms with Gasteiger partial charge in [0.2, 0.25) is 0 Å². The SMILES string of the molecule is OC[SiH2]O[SiH2]O[SiH3]. The maximum absolute atomic E-state index is 8.21. The van der Waals surface area contributed by atoms with Crippen LogP contribution in [0, 0.1) is 0 Å². The van der Waals surface area contributed by atoms with E-state index >= 15 is 0 Å². The van der Waals surface area contributed by atoms with Crippen LogP contribution in [0.1, 0.15) is 0 Å². The third-order valence-electron chi connectivity index (χ3n) is 0.437. The molecule has 6 heteroatoms. The first-order chi connectivity index (χ1) is 3.41. The highest BCUT2D eigenvalue weighted by atomic mass is 28.3. The Morgan fingerprint density at radius 1 is 1.71 bits per heavy atom. The van der Waals surface area contributed by atoms with Crippen molar-refractivity contribution in [3.8, 4) is 0 Å². The summed E-state index contributed by atoms with van der Waals surface area (Å²) < 4.78 is 9.80. The van der Waals surface area contributed by atoms with Gasteiger partial charge in [-0.15, -0.1) is 0 Å². The Balaban J connectivity index is 2.45. The van der Waals surface area contributed by atoms with Gasteiger partial charge in [0, 0.05) is 0 Å². The second kappa shape index (κ2) is 6.53. The molecule has 0 fully saturated rings. The summed E-state index contributed by atoms with van der Waals surface area (Å²) in [5, 5.41) is 8.21. The van der Waals surface area contributed by atoms with Crippen LogP contribution in [0.5, 0.6) is 0 Å². The molecule has 0 aromatic rings. The van der Waals surface area contributed by atoms with Crippen LogP contribution in [0.4, 0.5) is 0 Å². The Bertz CT molecular complexity index is 29.4. The van der Waals surface area contributed by atoms with Gasteiger partial charge in [0.05, 0.1) is 6.23 Å². The van der Waals surface area contributed by atoms with E-state index in [1.54, 1.807) is 0 Å². The van der Waals surface area contributed by atoms with Gasteiger partial charge in [0.15, 0.2) is 9.76 Å². The van der Waals surface area contributed by atoms with Crippen molar-refractivity contribution in [3.63, 3.8) is 0 Å². The zero-order valence-electron chi connectivity index (χ0n) is 4.39. The van der Waals surface area contributed by atoms with Gasteiger partial charge in [0.25, 0.3) is 10.0 Å². The zero-order chi connectivity index (χ0) is 5.54. The zero-order valence-corrected chi connectivity index (χ0v) is 9.21. The molecule has 0 heterocycles. The van der Waals surface area contributed by atoms with Crippen LogP contribution in [0.2, 0.25) is 0 Å². The minimum atomic E-state index is -0.626. The van der Waals surface area contributed by atoms with Gasteiger partial charge in [-0.25, -0.2) is 0 Å². The molecule has 1 N–H and O–H groups in total. The minimum absolute atomic E-state index is 0.248. The molecule has 0 unspecified atom stereocenters. The van der Waals surface area contributed by atoms with Crippen molar-refractivity contribution in [3.05, 3.63) is 0 Å². The first kappa shape index (κ1) is 7.53. The fraction of sp³-hybridized carbons (Fsp3) is 1.00. The highest BCUT2D eigenvalue weighted by molar-refractivity contribution is 6.41. The minimum Gasteiger partial charge on any atom is -0.449 e. The average Bonchev–Trinajstić information content (AvgIpc) is 1.69. The predicted molar refractivity (Wildman–Crippen MR) is 36.3 cm³/mol. The van der Waals surface area contributed by atoms with Crippen LogP contribution in [-0.4, -0.2) is 41.6 Å². The van der Waals surface area contributed by atoms with Crippen LogP contribution in [-0.2, 0) is 8.23 Å². The number of aliphatic hydroxyl groups is 1. The molecule has 3 nitrogen and oxygen atoms in total. The molecule has 7 heavy (non-hydrogen) atoms. The molecule has 0 aliphatic heterocycles. The predicted octanol–water partition coefficient (Wildman–Crippen LogP) is -3.67. The normalized spacial score (nSPS) is 13.3. The first-order valence-corrected chi connectivity index (χ1v) is 5.64. The third kappa shape index (κ3) is 6.53. The highest BCUT2D eigenvalue weighted by Crippen LogP contribution is 1.62. The monoisotopic (exact) mass is 154 g/mol. The summed E-state index contributed by atoms with van der Waals surface area (Å²) in [5.74, 6) is 0. The van der Waals surface area contributed by atoms with E-state index in [1.807, 2.05) is 0 Å². The van der Waals surface area contributed by atoms with E-state index in [1.165, 1.54) is 0 Å². The van der Waals surface area contributed by atoms with Crippen molar-refractivity contribution in [2.75, 3.05) is 6.23 Å². The van der Waals surface area contributed by atoms with E-state index in [0.717, 1.165) is 10.5 Å². The Hall–Kier alpha value is 0.531. The molecule has 0 amide bonds. The summed E-state index contributed by atoms with van der Waals surface area (Å²) in [6.45, 7) is 0. The lowest BCUT2D eigenvalue weighted by atomic mass is 11.7. The highest BCUT2D eigenvalue weighted by Gasteiger charge is 1.81. The smallest absolute Gasteiger partial charge is 0.282 e.